The summed E-state index contributed by atoms with van der Waals surface area (Å²) in [6, 6.07) is 5.67. The number of amides is 1. The largest absolute Gasteiger partial charge is 0.357 e. The Balaban J connectivity index is 1.55. The van der Waals surface area contributed by atoms with Gasteiger partial charge in [0.2, 0.25) is 5.91 Å². The number of H-pyrrole nitrogens is 1. The zero-order chi connectivity index (χ0) is 15.4. The minimum atomic E-state index is 0.00420. The Morgan fingerprint density at radius 2 is 2.18 bits per heavy atom. The Morgan fingerprint density at radius 3 is 2.77 bits per heavy atom. The number of hydrogen-bond donors (Lipinski definition) is 2. The monoisotopic (exact) mass is 296 g/mol. The van der Waals surface area contributed by atoms with E-state index in [4.69, 9.17) is 5.26 Å². The van der Waals surface area contributed by atoms with Crippen LogP contribution in [0.2, 0.25) is 0 Å². The van der Waals surface area contributed by atoms with Gasteiger partial charge in [0.1, 0.15) is 11.9 Å². The number of nitriles is 1. The maximum absolute atomic E-state index is 12.2. The highest BCUT2D eigenvalue weighted by atomic mass is 16.1. The minimum Gasteiger partial charge on any atom is -0.357 e. The lowest BCUT2D eigenvalue weighted by atomic mass is 9.96. The quantitative estimate of drug-likeness (QED) is 0.895. The summed E-state index contributed by atoms with van der Waals surface area (Å²) in [4.78, 5) is 18.6. The van der Waals surface area contributed by atoms with Gasteiger partial charge >= 0.3 is 0 Å². The summed E-state index contributed by atoms with van der Waals surface area (Å²) in [5, 5.41) is 18.1. The molecule has 22 heavy (non-hydrogen) atoms. The highest BCUT2D eigenvalue weighted by Crippen LogP contribution is 2.23. The molecule has 2 aromatic rings. The average Bonchev–Trinajstić information content (AvgIpc) is 3.08. The molecular formula is C15H16N6O. The molecule has 0 aliphatic carbocycles. The maximum Gasteiger partial charge on any atom is 0.227 e. The Morgan fingerprint density at radius 1 is 1.36 bits per heavy atom. The number of aromatic nitrogens is 3. The summed E-state index contributed by atoms with van der Waals surface area (Å²) in [6.07, 6.45) is 6.39. The highest BCUT2D eigenvalue weighted by Gasteiger charge is 2.25. The van der Waals surface area contributed by atoms with E-state index in [1.807, 2.05) is 6.07 Å². The van der Waals surface area contributed by atoms with Crippen LogP contribution in [0.3, 0.4) is 0 Å². The number of piperidine rings is 1. The lowest BCUT2D eigenvalue weighted by Crippen LogP contribution is -2.38. The number of nitrogens with zero attached hydrogens (tertiary/aromatic N) is 4. The third-order valence-corrected chi connectivity index (χ3v) is 3.83. The summed E-state index contributed by atoms with van der Waals surface area (Å²) in [7, 11) is 0. The molecule has 1 aliphatic rings. The normalized spacial score (nSPS) is 15.3. The van der Waals surface area contributed by atoms with Crippen LogP contribution in [-0.2, 0) is 4.79 Å². The second-order valence-corrected chi connectivity index (χ2v) is 5.25. The van der Waals surface area contributed by atoms with Gasteiger partial charge in [-0.15, -0.1) is 0 Å². The van der Waals surface area contributed by atoms with Crippen LogP contribution in [0.5, 0.6) is 0 Å². The second-order valence-electron chi connectivity index (χ2n) is 5.25. The number of rotatable bonds is 3. The van der Waals surface area contributed by atoms with E-state index in [1.165, 1.54) is 0 Å². The van der Waals surface area contributed by atoms with E-state index in [2.05, 4.69) is 31.5 Å². The van der Waals surface area contributed by atoms with Gasteiger partial charge in [-0.05, 0) is 25.0 Å². The Hall–Kier alpha value is -2.88. The molecule has 0 radical (unpaired) electrons. The van der Waals surface area contributed by atoms with Crippen molar-refractivity contribution in [3.8, 4) is 6.07 Å². The zero-order valence-electron chi connectivity index (χ0n) is 12.0. The molecule has 1 amide bonds. The van der Waals surface area contributed by atoms with Gasteiger partial charge in [0.25, 0.3) is 0 Å². The molecule has 3 rings (SSSR count). The van der Waals surface area contributed by atoms with Gasteiger partial charge in [-0.3, -0.25) is 9.89 Å². The highest BCUT2D eigenvalue weighted by molar-refractivity contribution is 5.92. The average molecular weight is 296 g/mol. The second kappa shape index (κ2) is 6.26. The molecule has 1 fully saturated rings. The molecule has 7 heteroatoms. The van der Waals surface area contributed by atoms with E-state index in [0.717, 1.165) is 31.7 Å². The predicted octanol–water partition coefficient (Wildman–Crippen LogP) is 1.53. The van der Waals surface area contributed by atoms with Gasteiger partial charge in [0.15, 0.2) is 0 Å². The lowest BCUT2D eigenvalue weighted by Gasteiger charge is -2.32. The standard InChI is InChI=1S/C15H16N6O/c16-7-11-1-2-14(17-8-11)21-5-3-12(4-6-21)15(22)20-13-9-18-19-10-13/h1-2,8-10,12H,3-6H2,(H,18,19)(H,20,22). The van der Waals surface area contributed by atoms with Crippen molar-refractivity contribution in [3.63, 3.8) is 0 Å². The minimum absolute atomic E-state index is 0.00420. The number of nitrogens with one attached hydrogen (secondary N) is 2. The van der Waals surface area contributed by atoms with Gasteiger partial charge in [-0.25, -0.2) is 4.98 Å². The number of aromatic amines is 1. The molecule has 2 aromatic heterocycles. The smallest absolute Gasteiger partial charge is 0.227 e. The first kappa shape index (κ1) is 14.1. The summed E-state index contributed by atoms with van der Waals surface area (Å²) in [5.41, 5.74) is 1.25. The van der Waals surface area contributed by atoms with Gasteiger partial charge < -0.3 is 10.2 Å². The first-order valence-electron chi connectivity index (χ1n) is 7.17. The number of carbonyl (C=O) groups is 1. The van der Waals surface area contributed by atoms with Crippen molar-refractivity contribution in [1.82, 2.24) is 15.2 Å². The fraction of sp³-hybridized carbons (Fsp3) is 0.333. The Bertz CT molecular complexity index is 665. The molecule has 2 N–H and O–H groups in total. The summed E-state index contributed by atoms with van der Waals surface area (Å²) >= 11 is 0. The number of carbonyl (C=O) groups excluding carboxylic acids is 1. The van der Waals surface area contributed by atoms with Crippen LogP contribution < -0.4 is 10.2 Å². The van der Waals surface area contributed by atoms with Crippen LogP contribution in [0, 0.1) is 17.2 Å². The molecule has 3 heterocycles. The fourth-order valence-electron chi connectivity index (χ4n) is 2.57. The SMILES string of the molecule is N#Cc1ccc(N2CCC(C(=O)Nc3cn[nH]c3)CC2)nc1. The van der Waals surface area contributed by atoms with Gasteiger partial charge in [-0.1, -0.05) is 0 Å². The molecule has 0 spiro atoms. The molecule has 112 valence electrons. The van der Waals surface area contributed by atoms with Crippen LogP contribution in [0.1, 0.15) is 18.4 Å². The van der Waals surface area contributed by atoms with E-state index in [9.17, 15) is 4.79 Å². The van der Waals surface area contributed by atoms with Crippen molar-refractivity contribution in [2.75, 3.05) is 23.3 Å². The summed E-state index contributed by atoms with van der Waals surface area (Å²) < 4.78 is 0. The van der Waals surface area contributed by atoms with Crippen LogP contribution in [0.15, 0.2) is 30.7 Å². The molecule has 0 saturated carbocycles. The summed E-state index contributed by atoms with van der Waals surface area (Å²) in [5.74, 6) is 0.895. The van der Waals surface area contributed by atoms with Crippen LogP contribution >= 0.6 is 0 Å². The van der Waals surface area contributed by atoms with Crippen molar-refractivity contribution in [2.45, 2.75) is 12.8 Å². The van der Waals surface area contributed by atoms with Crippen molar-refractivity contribution in [3.05, 3.63) is 36.3 Å². The van der Waals surface area contributed by atoms with Crippen molar-refractivity contribution >= 4 is 17.4 Å². The predicted molar refractivity (Wildman–Crippen MR) is 81.1 cm³/mol. The van der Waals surface area contributed by atoms with Crippen molar-refractivity contribution < 1.29 is 4.79 Å². The fourth-order valence-corrected chi connectivity index (χ4v) is 2.57. The molecule has 0 unspecified atom stereocenters. The molecule has 1 saturated heterocycles. The molecular weight excluding hydrogens is 280 g/mol. The third kappa shape index (κ3) is 3.06. The Kier molecular flexibility index (Phi) is 4.01. The Labute approximate surface area is 128 Å². The molecule has 0 atom stereocenters. The van der Waals surface area contributed by atoms with Gasteiger partial charge in [0.05, 0.1) is 17.4 Å². The van der Waals surface area contributed by atoms with Crippen LogP contribution in [-0.4, -0.2) is 34.2 Å². The first-order valence-corrected chi connectivity index (χ1v) is 7.17. The van der Waals surface area contributed by atoms with Crippen LogP contribution in [0.25, 0.3) is 0 Å². The van der Waals surface area contributed by atoms with Gasteiger partial charge in [0, 0.05) is 31.4 Å². The van der Waals surface area contributed by atoms with Crippen LogP contribution in [0.4, 0.5) is 11.5 Å². The zero-order valence-corrected chi connectivity index (χ0v) is 12.0. The topological polar surface area (TPSA) is 97.7 Å². The van der Waals surface area contributed by atoms with Crippen molar-refractivity contribution in [1.29, 1.82) is 5.26 Å². The van der Waals surface area contributed by atoms with E-state index >= 15 is 0 Å². The lowest BCUT2D eigenvalue weighted by molar-refractivity contribution is -0.120. The first-order chi connectivity index (χ1) is 10.8. The molecule has 7 nitrogen and oxygen atoms in total. The van der Waals surface area contributed by atoms with E-state index in [0.29, 0.717) is 11.3 Å². The van der Waals surface area contributed by atoms with Crippen molar-refractivity contribution in [2.24, 2.45) is 5.92 Å². The van der Waals surface area contributed by atoms with E-state index in [1.54, 1.807) is 24.7 Å². The number of hydrogen-bond acceptors (Lipinski definition) is 5. The van der Waals surface area contributed by atoms with Gasteiger partial charge in [-0.2, -0.15) is 10.4 Å². The molecule has 0 aromatic carbocycles. The maximum atomic E-state index is 12.2. The number of pyridine rings is 1. The number of anilines is 2. The van der Waals surface area contributed by atoms with E-state index < -0.39 is 0 Å². The molecule has 0 bridgehead atoms. The third-order valence-electron chi connectivity index (χ3n) is 3.83. The van der Waals surface area contributed by atoms with E-state index in [-0.39, 0.29) is 11.8 Å². The molecule has 1 aliphatic heterocycles. The summed E-state index contributed by atoms with van der Waals surface area (Å²) in [6.45, 7) is 1.56.